The van der Waals surface area contributed by atoms with Crippen molar-refractivity contribution < 1.29 is 14.3 Å². The van der Waals surface area contributed by atoms with Crippen LogP contribution in [0.15, 0.2) is 48.5 Å². The van der Waals surface area contributed by atoms with Gasteiger partial charge in [-0.25, -0.2) is 0 Å². The van der Waals surface area contributed by atoms with Gasteiger partial charge in [-0.15, -0.1) is 0 Å². The zero-order valence-electron chi connectivity index (χ0n) is 15.9. The van der Waals surface area contributed by atoms with Crippen LogP contribution in [0.5, 0.6) is 0 Å². The summed E-state index contributed by atoms with van der Waals surface area (Å²) in [5.74, 6) is -1.37. The fourth-order valence-electron chi connectivity index (χ4n) is 4.44. The van der Waals surface area contributed by atoms with E-state index < -0.39 is 11.9 Å². The number of carbonyl (C=O) groups is 2. The lowest BCUT2D eigenvalue weighted by atomic mass is 9.85. The summed E-state index contributed by atoms with van der Waals surface area (Å²) < 4.78 is 7.38. The number of hydrogen-bond acceptors (Lipinski definition) is 3. The van der Waals surface area contributed by atoms with Crippen LogP contribution in [-0.4, -0.2) is 22.9 Å². The Morgan fingerprint density at radius 2 is 1.89 bits per heavy atom. The van der Waals surface area contributed by atoms with Crippen LogP contribution in [0.4, 0.5) is 0 Å². The van der Waals surface area contributed by atoms with E-state index in [1.54, 1.807) is 6.92 Å². The second kappa shape index (κ2) is 7.44. The van der Waals surface area contributed by atoms with Crippen LogP contribution in [0.2, 0.25) is 5.02 Å². The maximum atomic E-state index is 12.6. The summed E-state index contributed by atoms with van der Waals surface area (Å²) in [4.78, 5) is 25.2. The Labute approximate surface area is 169 Å². The Morgan fingerprint density at radius 1 is 1.18 bits per heavy atom. The monoisotopic (exact) mass is 395 g/mol. The van der Waals surface area contributed by atoms with Crippen LogP contribution in [0.25, 0.3) is 22.2 Å². The van der Waals surface area contributed by atoms with E-state index in [1.807, 2.05) is 43.4 Å². The molecule has 1 heterocycles. The number of para-hydroxylation sites is 1. The number of ketones is 1. The number of nitrogens with zero attached hydrogens (tertiary/aromatic N) is 1. The molecule has 0 amide bonds. The quantitative estimate of drug-likeness (QED) is 0.454. The van der Waals surface area contributed by atoms with Gasteiger partial charge in [0.25, 0.3) is 0 Å². The van der Waals surface area contributed by atoms with E-state index in [2.05, 4.69) is 16.7 Å². The molecule has 3 aromatic rings. The van der Waals surface area contributed by atoms with Crippen LogP contribution < -0.4 is 0 Å². The summed E-state index contributed by atoms with van der Waals surface area (Å²) >= 11 is 6.09. The van der Waals surface area contributed by atoms with Gasteiger partial charge >= 0.3 is 5.97 Å². The van der Waals surface area contributed by atoms with Gasteiger partial charge in [0.1, 0.15) is 11.7 Å². The van der Waals surface area contributed by atoms with Crippen LogP contribution in [0.1, 0.15) is 31.2 Å². The third kappa shape index (κ3) is 3.02. The number of carbonyl (C=O) groups excluding carboxylic acids is 2. The van der Waals surface area contributed by atoms with Crippen LogP contribution >= 0.6 is 11.6 Å². The number of hydrogen-bond donors (Lipinski definition) is 0. The molecule has 0 bridgehead atoms. The van der Waals surface area contributed by atoms with E-state index in [4.69, 9.17) is 16.3 Å². The lowest BCUT2D eigenvalue weighted by Crippen LogP contribution is -2.26. The molecule has 1 aromatic heterocycles. The molecule has 0 N–H and O–H groups in total. The SMILES string of the molecule is CCOC(=O)[C@@H]1C(=O)CC[C@H]1c1c(-c2ccc(Cl)cc2)n(C)c2ccccc12. The summed E-state index contributed by atoms with van der Waals surface area (Å²) in [6, 6.07) is 15.8. The fraction of sp³-hybridized carbons (Fsp3) is 0.304. The molecule has 144 valence electrons. The van der Waals surface area contributed by atoms with Gasteiger partial charge in [0.15, 0.2) is 0 Å². The summed E-state index contributed by atoms with van der Waals surface area (Å²) in [6.45, 7) is 2.04. The minimum Gasteiger partial charge on any atom is -0.465 e. The van der Waals surface area contributed by atoms with Crippen molar-refractivity contribution in [1.82, 2.24) is 4.57 Å². The second-order valence-electron chi connectivity index (χ2n) is 7.19. The van der Waals surface area contributed by atoms with Gasteiger partial charge < -0.3 is 9.30 Å². The lowest BCUT2D eigenvalue weighted by molar-refractivity contribution is -0.151. The van der Waals surface area contributed by atoms with Gasteiger partial charge in [0, 0.05) is 35.3 Å². The molecule has 4 rings (SSSR count). The third-order valence-electron chi connectivity index (χ3n) is 5.63. The van der Waals surface area contributed by atoms with Gasteiger partial charge in [-0.2, -0.15) is 0 Å². The first-order valence-electron chi connectivity index (χ1n) is 9.55. The van der Waals surface area contributed by atoms with Crippen LogP contribution in [-0.2, 0) is 21.4 Å². The summed E-state index contributed by atoms with van der Waals surface area (Å²) in [7, 11) is 2.02. The van der Waals surface area contributed by atoms with Gasteiger partial charge in [-0.1, -0.05) is 41.9 Å². The fourth-order valence-corrected chi connectivity index (χ4v) is 4.56. The molecular weight excluding hydrogens is 374 g/mol. The number of benzene rings is 2. The van der Waals surface area contributed by atoms with E-state index in [-0.39, 0.29) is 18.3 Å². The largest absolute Gasteiger partial charge is 0.465 e. The number of aryl methyl sites for hydroxylation is 1. The average Bonchev–Trinajstić information content (AvgIpc) is 3.20. The van der Waals surface area contributed by atoms with Crippen molar-refractivity contribution in [2.75, 3.05) is 6.61 Å². The first-order chi connectivity index (χ1) is 13.5. The normalized spacial score (nSPS) is 19.3. The molecule has 0 spiro atoms. The lowest BCUT2D eigenvalue weighted by Gasteiger charge is -2.19. The van der Waals surface area contributed by atoms with Gasteiger partial charge in [0.05, 0.1) is 12.3 Å². The molecule has 0 radical (unpaired) electrons. The molecular formula is C23H22ClNO3. The molecule has 2 atom stereocenters. The summed E-state index contributed by atoms with van der Waals surface area (Å²) in [6.07, 6.45) is 1.05. The predicted molar refractivity (Wildman–Crippen MR) is 110 cm³/mol. The van der Waals surface area contributed by atoms with E-state index in [1.165, 1.54) is 0 Å². The average molecular weight is 396 g/mol. The molecule has 2 aromatic carbocycles. The standard InChI is InChI=1S/C23H22ClNO3/c1-3-28-23(27)21-17(12-13-19(21)26)20-16-6-4-5-7-18(16)25(2)22(20)14-8-10-15(24)11-9-14/h4-11,17,21H,3,12-13H2,1-2H3/t17-,21-/m0/s1. The van der Waals surface area contributed by atoms with E-state index >= 15 is 0 Å². The van der Waals surface area contributed by atoms with E-state index in [0.29, 0.717) is 17.9 Å². The highest BCUT2D eigenvalue weighted by molar-refractivity contribution is 6.30. The van der Waals surface area contributed by atoms with Crippen molar-refractivity contribution in [3.05, 3.63) is 59.1 Å². The number of Topliss-reactive ketones (excluding diaryl/α,β-unsaturated/α-hetero) is 1. The smallest absolute Gasteiger partial charge is 0.317 e. The summed E-state index contributed by atoms with van der Waals surface area (Å²) in [5, 5.41) is 1.74. The van der Waals surface area contributed by atoms with Crippen LogP contribution in [0.3, 0.4) is 0 Å². The molecule has 1 aliphatic rings. The third-order valence-corrected chi connectivity index (χ3v) is 5.88. The topological polar surface area (TPSA) is 48.3 Å². The Morgan fingerprint density at radius 3 is 2.61 bits per heavy atom. The van der Waals surface area contributed by atoms with Crippen molar-refractivity contribution >= 4 is 34.3 Å². The molecule has 4 nitrogen and oxygen atoms in total. The van der Waals surface area contributed by atoms with Crippen molar-refractivity contribution in [2.24, 2.45) is 13.0 Å². The van der Waals surface area contributed by atoms with Crippen molar-refractivity contribution in [2.45, 2.75) is 25.7 Å². The number of esters is 1. The first kappa shape index (κ1) is 18.8. The number of aromatic nitrogens is 1. The van der Waals surface area contributed by atoms with Gasteiger partial charge in [-0.3, -0.25) is 9.59 Å². The second-order valence-corrected chi connectivity index (χ2v) is 7.62. The van der Waals surface area contributed by atoms with Crippen LogP contribution in [0, 0.1) is 5.92 Å². The number of halogens is 1. The van der Waals surface area contributed by atoms with Gasteiger partial charge in [0.2, 0.25) is 0 Å². The van der Waals surface area contributed by atoms with Crippen molar-refractivity contribution in [1.29, 1.82) is 0 Å². The highest BCUT2D eigenvalue weighted by Crippen LogP contribution is 2.46. The van der Waals surface area contributed by atoms with Crippen molar-refractivity contribution in [3.63, 3.8) is 0 Å². The van der Waals surface area contributed by atoms with Gasteiger partial charge in [-0.05, 0) is 42.7 Å². The maximum absolute atomic E-state index is 12.6. The number of ether oxygens (including phenoxy) is 1. The van der Waals surface area contributed by atoms with E-state index in [9.17, 15) is 9.59 Å². The molecule has 0 unspecified atom stereocenters. The molecule has 0 aliphatic heterocycles. The highest BCUT2D eigenvalue weighted by Gasteiger charge is 2.44. The molecule has 0 saturated heterocycles. The zero-order valence-corrected chi connectivity index (χ0v) is 16.7. The minimum absolute atomic E-state index is 0.0292. The molecule has 1 fully saturated rings. The highest BCUT2D eigenvalue weighted by atomic mass is 35.5. The first-order valence-corrected chi connectivity index (χ1v) is 9.93. The Kier molecular flexibility index (Phi) is 4.98. The minimum atomic E-state index is -0.739. The molecule has 28 heavy (non-hydrogen) atoms. The van der Waals surface area contributed by atoms with E-state index in [0.717, 1.165) is 27.7 Å². The predicted octanol–water partition coefficient (Wildman–Crippen LogP) is 5.12. The van der Waals surface area contributed by atoms with Crippen molar-refractivity contribution in [3.8, 4) is 11.3 Å². The Balaban J connectivity index is 1.95. The number of fused-ring (bicyclic) bond motifs is 1. The zero-order chi connectivity index (χ0) is 19.8. The maximum Gasteiger partial charge on any atom is 0.317 e. The Bertz CT molecular complexity index is 1050. The molecule has 1 saturated carbocycles. The number of rotatable bonds is 4. The molecule has 5 heteroatoms. The summed E-state index contributed by atoms with van der Waals surface area (Å²) in [5.41, 5.74) is 4.15. The molecule has 1 aliphatic carbocycles. The Hall–Kier alpha value is -2.59.